The summed E-state index contributed by atoms with van der Waals surface area (Å²) in [6.07, 6.45) is 1.18. The van der Waals surface area contributed by atoms with Crippen molar-refractivity contribution in [2.24, 2.45) is 5.84 Å². The highest BCUT2D eigenvalue weighted by Crippen LogP contribution is 1.95. The highest BCUT2D eigenvalue weighted by molar-refractivity contribution is 5.73. The Labute approximate surface area is 65.5 Å². The van der Waals surface area contributed by atoms with Crippen LogP contribution in [0.15, 0.2) is 0 Å². The average molecular weight is 162 g/mol. The fourth-order valence-corrected chi connectivity index (χ4v) is 0.710. The van der Waals surface area contributed by atoms with Crippen LogP contribution in [0, 0.1) is 0 Å². The first-order valence-electron chi connectivity index (χ1n) is 3.40. The van der Waals surface area contributed by atoms with Crippen molar-refractivity contribution in [3.8, 4) is 0 Å². The van der Waals surface area contributed by atoms with Gasteiger partial charge in [0.05, 0.1) is 0 Å². The molecule has 0 saturated heterocycles. The third-order valence-electron chi connectivity index (χ3n) is 1.34. The van der Waals surface area contributed by atoms with Gasteiger partial charge < -0.3 is 9.84 Å². The highest BCUT2D eigenvalue weighted by atomic mass is 16.5. The van der Waals surface area contributed by atoms with Crippen molar-refractivity contribution in [2.75, 3.05) is 13.7 Å². The number of carbonyl (C=O) groups is 1. The Hall–Kier alpha value is -0.650. The molecule has 0 spiro atoms. The molecule has 5 heteroatoms. The molecule has 0 heterocycles. The number of hydrazine groups is 1. The maximum atomic E-state index is 10.3. The van der Waals surface area contributed by atoms with Gasteiger partial charge >= 0.3 is 5.97 Å². The Morgan fingerprint density at radius 1 is 1.82 bits per heavy atom. The molecule has 0 fully saturated rings. The summed E-state index contributed by atoms with van der Waals surface area (Å²) in [5.41, 5.74) is 2.21. The first kappa shape index (κ1) is 10.3. The van der Waals surface area contributed by atoms with E-state index in [1.165, 1.54) is 0 Å². The number of nitrogens with one attached hydrogen (secondary N) is 1. The maximum Gasteiger partial charge on any atom is 0.322 e. The Bertz CT molecular complexity index is 118. The molecule has 0 bridgehead atoms. The largest absolute Gasteiger partial charge is 0.480 e. The van der Waals surface area contributed by atoms with Gasteiger partial charge in [0.15, 0.2) is 0 Å². The van der Waals surface area contributed by atoms with Crippen molar-refractivity contribution in [1.82, 2.24) is 5.43 Å². The van der Waals surface area contributed by atoms with E-state index in [0.717, 1.165) is 0 Å². The van der Waals surface area contributed by atoms with Gasteiger partial charge in [0.25, 0.3) is 0 Å². The molecule has 0 aromatic carbocycles. The van der Waals surface area contributed by atoms with Gasteiger partial charge in [-0.15, -0.1) is 0 Å². The normalized spacial score (nSPS) is 12.9. The van der Waals surface area contributed by atoms with Crippen LogP contribution in [0.1, 0.15) is 12.8 Å². The molecular weight excluding hydrogens is 148 g/mol. The van der Waals surface area contributed by atoms with Crippen molar-refractivity contribution in [2.45, 2.75) is 18.9 Å². The fourth-order valence-electron chi connectivity index (χ4n) is 0.710. The first-order valence-corrected chi connectivity index (χ1v) is 3.40. The molecule has 1 unspecified atom stereocenters. The van der Waals surface area contributed by atoms with E-state index in [-0.39, 0.29) is 0 Å². The van der Waals surface area contributed by atoms with E-state index in [1.54, 1.807) is 7.11 Å². The smallest absolute Gasteiger partial charge is 0.322 e. The highest BCUT2D eigenvalue weighted by Gasteiger charge is 2.13. The van der Waals surface area contributed by atoms with E-state index in [0.29, 0.717) is 19.4 Å². The van der Waals surface area contributed by atoms with E-state index in [1.807, 2.05) is 0 Å². The van der Waals surface area contributed by atoms with Crippen molar-refractivity contribution >= 4 is 5.97 Å². The Morgan fingerprint density at radius 2 is 2.45 bits per heavy atom. The van der Waals surface area contributed by atoms with Crippen LogP contribution in [0.4, 0.5) is 0 Å². The second kappa shape index (κ2) is 6.09. The lowest BCUT2D eigenvalue weighted by atomic mass is 10.2. The number of carboxylic acids is 1. The van der Waals surface area contributed by atoms with Crippen LogP contribution in [0.2, 0.25) is 0 Å². The predicted molar refractivity (Wildman–Crippen MR) is 39.9 cm³/mol. The molecule has 0 saturated carbocycles. The van der Waals surface area contributed by atoms with Crippen LogP contribution in [0.5, 0.6) is 0 Å². The van der Waals surface area contributed by atoms with Crippen molar-refractivity contribution < 1.29 is 14.6 Å². The number of hydrogen-bond acceptors (Lipinski definition) is 4. The van der Waals surface area contributed by atoms with Crippen LogP contribution < -0.4 is 11.3 Å². The van der Waals surface area contributed by atoms with Crippen molar-refractivity contribution in [1.29, 1.82) is 0 Å². The van der Waals surface area contributed by atoms with Gasteiger partial charge in [0, 0.05) is 13.7 Å². The van der Waals surface area contributed by atoms with Gasteiger partial charge in [-0.05, 0) is 12.8 Å². The minimum absolute atomic E-state index is 0.486. The summed E-state index contributed by atoms with van der Waals surface area (Å²) in [4.78, 5) is 10.3. The molecule has 1 atom stereocenters. The summed E-state index contributed by atoms with van der Waals surface area (Å²) in [6.45, 7) is 0.561. The van der Waals surface area contributed by atoms with E-state index in [4.69, 9.17) is 15.7 Å². The summed E-state index contributed by atoms with van der Waals surface area (Å²) in [7, 11) is 1.58. The molecule has 0 amide bonds. The number of ether oxygens (including phenoxy) is 1. The van der Waals surface area contributed by atoms with Gasteiger partial charge in [-0.3, -0.25) is 10.6 Å². The van der Waals surface area contributed by atoms with E-state index >= 15 is 0 Å². The van der Waals surface area contributed by atoms with E-state index in [9.17, 15) is 4.79 Å². The zero-order valence-electron chi connectivity index (χ0n) is 6.54. The third-order valence-corrected chi connectivity index (χ3v) is 1.34. The van der Waals surface area contributed by atoms with E-state index in [2.05, 4.69) is 5.43 Å². The maximum absolute atomic E-state index is 10.3. The summed E-state index contributed by atoms with van der Waals surface area (Å²) < 4.78 is 4.75. The molecule has 66 valence electrons. The number of hydrogen-bond donors (Lipinski definition) is 3. The number of aliphatic carboxylic acids is 1. The minimum atomic E-state index is -0.927. The molecule has 0 aliphatic carbocycles. The molecule has 0 aliphatic heterocycles. The Balaban J connectivity index is 3.44. The molecule has 0 aromatic rings. The third kappa shape index (κ3) is 4.72. The fraction of sp³-hybridized carbons (Fsp3) is 0.833. The topological polar surface area (TPSA) is 84.6 Å². The zero-order chi connectivity index (χ0) is 8.69. The lowest BCUT2D eigenvalue weighted by Gasteiger charge is -2.09. The molecule has 4 N–H and O–H groups in total. The summed E-state index contributed by atoms with van der Waals surface area (Å²) in [5.74, 6) is 4.06. The van der Waals surface area contributed by atoms with Crippen LogP contribution in [-0.4, -0.2) is 30.8 Å². The molecular formula is C6H14N2O3. The standard InChI is InChI=1S/C6H14N2O3/c1-11-4-2-3-5(8-7)6(9)10/h5,8H,2-4,7H2,1H3,(H,9,10). The van der Waals surface area contributed by atoms with Crippen LogP contribution in [0.25, 0.3) is 0 Å². The van der Waals surface area contributed by atoms with Gasteiger partial charge in [0.2, 0.25) is 0 Å². The quantitative estimate of drug-likeness (QED) is 0.274. The SMILES string of the molecule is COCCCC(NN)C(=O)O. The molecule has 0 aromatic heterocycles. The van der Waals surface area contributed by atoms with Gasteiger partial charge in [-0.25, -0.2) is 5.43 Å². The predicted octanol–water partition coefficient (Wildman–Crippen LogP) is -0.670. The van der Waals surface area contributed by atoms with Gasteiger partial charge in [-0.1, -0.05) is 0 Å². The number of rotatable bonds is 6. The van der Waals surface area contributed by atoms with Gasteiger partial charge in [-0.2, -0.15) is 0 Å². The average Bonchev–Trinajstić information content (AvgIpc) is 1.97. The molecule has 5 nitrogen and oxygen atoms in total. The first-order chi connectivity index (χ1) is 5.22. The molecule has 11 heavy (non-hydrogen) atoms. The number of carboxylic acid groups (broad SMARTS) is 1. The molecule has 0 aliphatic rings. The number of nitrogens with two attached hydrogens (primary N) is 1. The summed E-state index contributed by atoms with van der Waals surface area (Å²) in [6, 6.07) is -0.662. The van der Waals surface area contributed by atoms with Gasteiger partial charge in [0.1, 0.15) is 6.04 Å². The van der Waals surface area contributed by atoms with Crippen LogP contribution in [-0.2, 0) is 9.53 Å². The molecule has 0 radical (unpaired) electrons. The summed E-state index contributed by atoms with van der Waals surface area (Å²) in [5, 5.41) is 8.49. The second-order valence-corrected chi connectivity index (χ2v) is 2.19. The van der Waals surface area contributed by atoms with Crippen LogP contribution in [0.3, 0.4) is 0 Å². The number of methoxy groups -OCH3 is 1. The Kier molecular flexibility index (Phi) is 5.73. The molecule has 0 rings (SSSR count). The monoisotopic (exact) mass is 162 g/mol. The van der Waals surface area contributed by atoms with Crippen LogP contribution >= 0.6 is 0 Å². The zero-order valence-corrected chi connectivity index (χ0v) is 6.54. The van der Waals surface area contributed by atoms with Crippen molar-refractivity contribution in [3.05, 3.63) is 0 Å². The Morgan fingerprint density at radius 3 is 2.82 bits per heavy atom. The lowest BCUT2D eigenvalue weighted by Crippen LogP contribution is -2.41. The lowest BCUT2D eigenvalue weighted by molar-refractivity contribution is -0.139. The van der Waals surface area contributed by atoms with E-state index < -0.39 is 12.0 Å². The minimum Gasteiger partial charge on any atom is -0.480 e. The summed E-state index contributed by atoms with van der Waals surface area (Å²) >= 11 is 0. The second-order valence-electron chi connectivity index (χ2n) is 2.19. The van der Waals surface area contributed by atoms with Crippen molar-refractivity contribution in [3.63, 3.8) is 0 Å².